The van der Waals surface area contributed by atoms with Crippen LogP contribution in [0.15, 0.2) is 66.7 Å². The first-order chi connectivity index (χ1) is 14.2. The molecule has 0 aliphatic carbocycles. The van der Waals surface area contributed by atoms with Gasteiger partial charge in [-0.2, -0.15) is 0 Å². The number of benzene rings is 3. The number of nitrogens with one attached hydrogen (secondary N) is 2. The van der Waals surface area contributed by atoms with Crippen LogP contribution in [0.5, 0.6) is 5.75 Å². The van der Waals surface area contributed by atoms with Gasteiger partial charge in [0.1, 0.15) is 12.4 Å². The highest BCUT2D eigenvalue weighted by atomic mass is 35.5. The Hall–Kier alpha value is -2.46. The van der Waals surface area contributed by atoms with Crippen LogP contribution in [0, 0.1) is 0 Å². The molecular weight excluding hydrogens is 403 g/mol. The first kappa shape index (κ1) is 18.6. The molecular formula is C24H20Cl2N2O. The summed E-state index contributed by atoms with van der Waals surface area (Å²) < 4.78 is 6.04. The van der Waals surface area contributed by atoms with Gasteiger partial charge in [-0.1, -0.05) is 65.7 Å². The first-order valence-electron chi connectivity index (χ1n) is 9.69. The Labute approximate surface area is 179 Å². The molecule has 1 aliphatic heterocycles. The summed E-state index contributed by atoms with van der Waals surface area (Å²) in [6.07, 6.45) is 0.951. The standard InChI is InChI=1S/C24H20Cl2N2O/c25-20-8-4-7-18(22(20)26)23-24-17(11-12-27-23)19-13-16(9-10-21(19)28-24)29-14-15-5-2-1-3-6-15/h1-10,13,23,27-28H,11-12,14H2. The predicted octanol–water partition coefficient (Wildman–Crippen LogP) is 6.29. The lowest BCUT2D eigenvalue weighted by molar-refractivity contribution is 0.306. The monoisotopic (exact) mass is 422 g/mol. The zero-order chi connectivity index (χ0) is 19.8. The number of ether oxygens (including phenoxy) is 1. The number of hydrogen-bond donors (Lipinski definition) is 2. The lowest BCUT2D eigenvalue weighted by atomic mass is 9.94. The van der Waals surface area contributed by atoms with E-state index >= 15 is 0 Å². The Kier molecular flexibility index (Phi) is 4.96. The molecule has 1 aromatic heterocycles. The maximum Gasteiger partial charge on any atom is 0.120 e. The van der Waals surface area contributed by atoms with Crippen molar-refractivity contribution in [2.24, 2.45) is 0 Å². The van der Waals surface area contributed by atoms with Gasteiger partial charge < -0.3 is 15.0 Å². The SMILES string of the molecule is Clc1cccc(C2NCCc3c2[nH]c2ccc(OCc4ccccc4)cc32)c1Cl. The lowest BCUT2D eigenvalue weighted by Gasteiger charge is -2.25. The van der Waals surface area contributed by atoms with E-state index in [0.717, 1.165) is 41.1 Å². The highest BCUT2D eigenvalue weighted by molar-refractivity contribution is 6.42. The van der Waals surface area contributed by atoms with Crippen LogP contribution in [-0.4, -0.2) is 11.5 Å². The number of hydrogen-bond acceptors (Lipinski definition) is 2. The second-order valence-corrected chi connectivity index (χ2v) is 8.06. The van der Waals surface area contributed by atoms with Crippen LogP contribution in [0.3, 0.4) is 0 Å². The van der Waals surface area contributed by atoms with Gasteiger partial charge in [0.25, 0.3) is 0 Å². The molecule has 3 aromatic carbocycles. The van der Waals surface area contributed by atoms with Crippen molar-refractivity contribution in [3.63, 3.8) is 0 Å². The van der Waals surface area contributed by atoms with Crippen LogP contribution in [0.4, 0.5) is 0 Å². The van der Waals surface area contributed by atoms with E-state index < -0.39 is 0 Å². The Morgan fingerprint density at radius 3 is 2.69 bits per heavy atom. The zero-order valence-electron chi connectivity index (χ0n) is 15.7. The van der Waals surface area contributed by atoms with E-state index in [1.165, 1.54) is 10.9 Å². The molecule has 0 fully saturated rings. The van der Waals surface area contributed by atoms with E-state index in [0.29, 0.717) is 16.7 Å². The van der Waals surface area contributed by atoms with Gasteiger partial charge in [0.2, 0.25) is 0 Å². The number of fused-ring (bicyclic) bond motifs is 3. The number of rotatable bonds is 4. The van der Waals surface area contributed by atoms with Crippen molar-refractivity contribution < 1.29 is 4.74 Å². The van der Waals surface area contributed by atoms with Crippen LogP contribution >= 0.6 is 23.2 Å². The van der Waals surface area contributed by atoms with Crippen molar-refractivity contribution in [1.29, 1.82) is 0 Å². The quantitative estimate of drug-likeness (QED) is 0.405. The molecule has 3 nitrogen and oxygen atoms in total. The number of aromatic nitrogens is 1. The van der Waals surface area contributed by atoms with Gasteiger partial charge in [-0.15, -0.1) is 0 Å². The largest absolute Gasteiger partial charge is 0.489 e. The number of H-pyrrole nitrogens is 1. The van der Waals surface area contributed by atoms with Gasteiger partial charge >= 0.3 is 0 Å². The Morgan fingerprint density at radius 1 is 0.966 bits per heavy atom. The van der Waals surface area contributed by atoms with E-state index in [4.69, 9.17) is 27.9 Å². The normalized spacial score (nSPS) is 16.0. The minimum Gasteiger partial charge on any atom is -0.489 e. The smallest absolute Gasteiger partial charge is 0.120 e. The predicted molar refractivity (Wildman–Crippen MR) is 119 cm³/mol. The van der Waals surface area contributed by atoms with Gasteiger partial charge in [-0.25, -0.2) is 0 Å². The average molecular weight is 423 g/mol. The highest BCUT2D eigenvalue weighted by Crippen LogP contribution is 2.38. The molecule has 1 atom stereocenters. The summed E-state index contributed by atoms with van der Waals surface area (Å²) in [4.78, 5) is 3.59. The van der Waals surface area contributed by atoms with Gasteiger partial charge in [0.05, 0.1) is 16.1 Å². The third-order valence-corrected chi connectivity index (χ3v) is 6.30. The molecule has 2 heterocycles. The summed E-state index contributed by atoms with van der Waals surface area (Å²) >= 11 is 12.8. The van der Waals surface area contributed by atoms with Crippen LogP contribution in [-0.2, 0) is 13.0 Å². The summed E-state index contributed by atoms with van der Waals surface area (Å²) in [6, 6.07) is 22.2. The van der Waals surface area contributed by atoms with E-state index in [1.807, 2.05) is 42.5 Å². The van der Waals surface area contributed by atoms with Crippen LogP contribution in [0.1, 0.15) is 28.4 Å². The fourth-order valence-electron chi connectivity index (χ4n) is 4.05. The van der Waals surface area contributed by atoms with E-state index in [9.17, 15) is 0 Å². The molecule has 0 bridgehead atoms. The van der Waals surface area contributed by atoms with Crippen molar-refractivity contribution in [3.05, 3.63) is 99.2 Å². The molecule has 29 heavy (non-hydrogen) atoms. The molecule has 0 radical (unpaired) electrons. The highest BCUT2D eigenvalue weighted by Gasteiger charge is 2.27. The molecule has 5 heteroatoms. The molecule has 1 unspecified atom stereocenters. The Bertz CT molecular complexity index is 1170. The Morgan fingerprint density at radius 2 is 1.83 bits per heavy atom. The molecule has 5 rings (SSSR count). The molecule has 1 aliphatic rings. The molecule has 0 saturated carbocycles. The maximum atomic E-state index is 6.51. The topological polar surface area (TPSA) is 37.0 Å². The summed E-state index contributed by atoms with van der Waals surface area (Å²) in [6.45, 7) is 1.43. The van der Waals surface area contributed by atoms with Crippen LogP contribution < -0.4 is 10.1 Å². The molecule has 0 amide bonds. The van der Waals surface area contributed by atoms with Gasteiger partial charge in [-0.3, -0.25) is 0 Å². The van der Waals surface area contributed by atoms with Crippen molar-refractivity contribution in [3.8, 4) is 5.75 Å². The first-order valence-corrected chi connectivity index (χ1v) is 10.4. The van der Waals surface area contributed by atoms with Crippen molar-refractivity contribution in [2.45, 2.75) is 19.1 Å². The summed E-state index contributed by atoms with van der Waals surface area (Å²) in [7, 11) is 0. The molecule has 146 valence electrons. The van der Waals surface area contributed by atoms with Gasteiger partial charge in [0.15, 0.2) is 0 Å². The fourth-order valence-corrected chi connectivity index (χ4v) is 4.46. The third kappa shape index (κ3) is 3.51. The molecule has 4 aromatic rings. The minimum absolute atomic E-state index is 0.00830. The summed E-state index contributed by atoms with van der Waals surface area (Å²) in [5.41, 5.74) is 5.71. The Balaban J connectivity index is 1.50. The average Bonchev–Trinajstić information content (AvgIpc) is 3.13. The second-order valence-electron chi connectivity index (χ2n) is 7.28. The van der Waals surface area contributed by atoms with Crippen molar-refractivity contribution >= 4 is 34.1 Å². The van der Waals surface area contributed by atoms with E-state index in [1.54, 1.807) is 0 Å². The molecule has 0 saturated heterocycles. The maximum absolute atomic E-state index is 6.51. The van der Waals surface area contributed by atoms with Crippen LogP contribution in [0.2, 0.25) is 10.0 Å². The number of aromatic amines is 1. The summed E-state index contributed by atoms with van der Waals surface area (Å²) in [5.74, 6) is 0.874. The molecule has 0 spiro atoms. The van der Waals surface area contributed by atoms with Gasteiger partial charge in [0, 0.05) is 23.1 Å². The van der Waals surface area contributed by atoms with E-state index in [2.05, 4.69) is 34.6 Å². The van der Waals surface area contributed by atoms with Gasteiger partial charge in [-0.05, 0) is 47.4 Å². The van der Waals surface area contributed by atoms with Crippen molar-refractivity contribution in [1.82, 2.24) is 10.3 Å². The number of halogens is 2. The third-order valence-electron chi connectivity index (χ3n) is 5.46. The van der Waals surface area contributed by atoms with Crippen molar-refractivity contribution in [2.75, 3.05) is 6.54 Å². The summed E-state index contributed by atoms with van der Waals surface area (Å²) in [5, 5.41) is 5.96. The fraction of sp³-hybridized carbons (Fsp3) is 0.167. The zero-order valence-corrected chi connectivity index (χ0v) is 17.2. The van der Waals surface area contributed by atoms with E-state index in [-0.39, 0.29) is 6.04 Å². The lowest BCUT2D eigenvalue weighted by Crippen LogP contribution is -2.30. The molecule has 2 N–H and O–H groups in total. The van der Waals surface area contributed by atoms with Crippen LogP contribution in [0.25, 0.3) is 10.9 Å². The second kappa shape index (κ2) is 7.75. The minimum atomic E-state index is -0.00830.